The maximum atomic E-state index is 11.6. The van der Waals surface area contributed by atoms with Crippen LogP contribution >= 0.6 is 0 Å². The van der Waals surface area contributed by atoms with Crippen molar-refractivity contribution in [3.8, 4) is 0 Å². The molecule has 1 heterocycles. The molecule has 2 nitrogen and oxygen atoms in total. The largest absolute Gasteiger partial charge is 0.309 e. The number of hydrogen-bond donors (Lipinski definition) is 1. The van der Waals surface area contributed by atoms with Crippen LogP contribution in [0.4, 0.5) is 0 Å². The van der Waals surface area contributed by atoms with E-state index in [2.05, 4.69) is 11.9 Å². The standard InChI is InChI=1S/C12H13NO/c1-8(2)12(14)9-3-4-10-6-13-7-11(10)5-9/h3-5,13H,1,6-7H2,2H3. The zero-order chi connectivity index (χ0) is 10.1. The monoisotopic (exact) mass is 187 g/mol. The molecule has 0 amide bonds. The lowest BCUT2D eigenvalue weighted by molar-refractivity contribution is 0.103. The van der Waals surface area contributed by atoms with Gasteiger partial charge in [0.2, 0.25) is 0 Å². The highest BCUT2D eigenvalue weighted by atomic mass is 16.1. The molecule has 0 spiro atoms. The Morgan fingerprint density at radius 3 is 2.79 bits per heavy atom. The third-order valence-electron chi connectivity index (χ3n) is 2.49. The van der Waals surface area contributed by atoms with Crippen molar-refractivity contribution in [1.29, 1.82) is 0 Å². The van der Waals surface area contributed by atoms with Crippen molar-refractivity contribution in [3.63, 3.8) is 0 Å². The normalized spacial score (nSPS) is 13.8. The summed E-state index contributed by atoms with van der Waals surface area (Å²) in [4.78, 5) is 11.6. The summed E-state index contributed by atoms with van der Waals surface area (Å²) >= 11 is 0. The molecule has 0 fully saturated rings. The second-order valence-electron chi connectivity index (χ2n) is 3.70. The molecule has 2 heteroatoms. The van der Waals surface area contributed by atoms with E-state index in [9.17, 15) is 4.79 Å². The lowest BCUT2D eigenvalue weighted by Gasteiger charge is -2.02. The van der Waals surface area contributed by atoms with Crippen molar-refractivity contribution in [2.75, 3.05) is 0 Å². The molecular formula is C12H13NO. The molecule has 1 aromatic rings. The predicted octanol–water partition coefficient (Wildman–Crippen LogP) is 2.05. The first kappa shape index (κ1) is 9.16. The van der Waals surface area contributed by atoms with E-state index in [4.69, 9.17) is 0 Å². The van der Waals surface area contributed by atoms with Crippen molar-refractivity contribution >= 4 is 5.78 Å². The fourth-order valence-corrected chi connectivity index (χ4v) is 1.68. The first-order valence-electron chi connectivity index (χ1n) is 4.71. The summed E-state index contributed by atoms with van der Waals surface area (Å²) in [5, 5.41) is 3.25. The second kappa shape index (κ2) is 3.39. The van der Waals surface area contributed by atoms with Crippen LogP contribution in [-0.4, -0.2) is 5.78 Å². The Kier molecular flexibility index (Phi) is 2.22. The summed E-state index contributed by atoms with van der Waals surface area (Å²) in [5.74, 6) is 0.0414. The van der Waals surface area contributed by atoms with Gasteiger partial charge >= 0.3 is 0 Å². The Morgan fingerprint density at radius 2 is 2.07 bits per heavy atom. The molecule has 0 aliphatic carbocycles. The van der Waals surface area contributed by atoms with Crippen LogP contribution in [0, 0.1) is 0 Å². The van der Waals surface area contributed by atoms with Crippen LogP contribution in [0.15, 0.2) is 30.4 Å². The van der Waals surface area contributed by atoms with Crippen LogP contribution in [0.25, 0.3) is 0 Å². The van der Waals surface area contributed by atoms with Gasteiger partial charge in [-0.05, 0) is 29.7 Å². The Labute approximate surface area is 83.6 Å². The molecule has 1 N–H and O–H groups in total. The molecule has 0 unspecified atom stereocenters. The van der Waals surface area contributed by atoms with Crippen LogP contribution in [0.3, 0.4) is 0 Å². The number of benzene rings is 1. The summed E-state index contributed by atoms with van der Waals surface area (Å²) in [5.41, 5.74) is 3.87. The van der Waals surface area contributed by atoms with Crippen molar-refractivity contribution in [2.45, 2.75) is 20.0 Å². The molecule has 0 bridgehead atoms. The van der Waals surface area contributed by atoms with E-state index in [0.717, 1.165) is 18.7 Å². The van der Waals surface area contributed by atoms with Gasteiger partial charge in [-0.2, -0.15) is 0 Å². The zero-order valence-electron chi connectivity index (χ0n) is 8.26. The van der Waals surface area contributed by atoms with Crippen molar-refractivity contribution in [2.24, 2.45) is 0 Å². The highest BCUT2D eigenvalue weighted by molar-refractivity contribution is 6.08. The second-order valence-corrected chi connectivity index (χ2v) is 3.70. The van der Waals surface area contributed by atoms with Gasteiger partial charge in [-0.15, -0.1) is 0 Å². The van der Waals surface area contributed by atoms with Crippen molar-refractivity contribution in [1.82, 2.24) is 5.32 Å². The van der Waals surface area contributed by atoms with Crippen LogP contribution in [-0.2, 0) is 13.1 Å². The number of fused-ring (bicyclic) bond motifs is 1. The van der Waals surface area contributed by atoms with Gasteiger partial charge in [0.1, 0.15) is 0 Å². The summed E-state index contributed by atoms with van der Waals surface area (Å²) in [6, 6.07) is 5.86. The molecule has 72 valence electrons. The number of carbonyl (C=O) groups excluding carboxylic acids is 1. The molecule has 1 aliphatic heterocycles. The van der Waals surface area contributed by atoms with E-state index in [-0.39, 0.29) is 5.78 Å². The Balaban J connectivity index is 2.38. The first-order valence-corrected chi connectivity index (χ1v) is 4.71. The quantitative estimate of drug-likeness (QED) is 0.567. The summed E-state index contributed by atoms with van der Waals surface area (Å²) in [7, 11) is 0. The fourth-order valence-electron chi connectivity index (χ4n) is 1.68. The molecule has 0 saturated heterocycles. The zero-order valence-corrected chi connectivity index (χ0v) is 8.26. The number of carbonyl (C=O) groups is 1. The number of rotatable bonds is 2. The van der Waals surface area contributed by atoms with Gasteiger partial charge in [0, 0.05) is 18.7 Å². The lowest BCUT2D eigenvalue weighted by atomic mass is 10.0. The maximum Gasteiger partial charge on any atom is 0.188 e. The third kappa shape index (κ3) is 1.49. The van der Waals surface area contributed by atoms with Gasteiger partial charge in [0.05, 0.1) is 0 Å². The Hall–Kier alpha value is -1.41. The lowest BCUT2D eigenvalue weighted by Crippen LogP contribution is -2.01. The minimum absolute atomic E-state index is 0.0414. The van der Waals surface area contributed by atoms with Crippen molar-refractivity contribution in [3.05, 3.63) is 47.0 Å². The molecule has 0 atom stereocenters. The number of allylic oxidation sites excluding steroid dienone is 1. The van der Waals surface area contributed by atoms with Crippen LogP contribution in [0.5, 0.6) is 0 Å². The smallest absolute Gasteiger partial charge is 0.188 e. The van der Waals surface area contributed by atoms with Gasteiger partial charge in [-0.25, -0.2) is 0 Å². The topological polar surface area (TPSA) is 29.1 Å². The Morgan fingerprint density at radius 1 is 1.36 bits per heavy atom. The summed E-state index contributed by atoms with van der Waals surface area (Å²) in [6.45, 7) is 7.18. The van der Waals surface area contributed by atoms with Crippen molar-refractivity contribution < 1.29 is 4.79 Å². The van der Waals surface area contributed by atoms with Gasteiger partial charge in [0.15, 0.2) is 5.78 Å². The average molecular weight is 187 g/mol. The average Bonchev–Trinajstić information content (AvgIpc) is 2.62. The fraction of sp³-hybridized carbons (Fsp3) is 0.250. The van der Waals surface area contributed by atoms with E-state index in [1.165, 1.54) is 11.1 Å². The maximum absolute atomic E-state index is 11.6. The molecule has 0 aromatic heterocycles. The highest BCUT2D eigenvalue weighted by Gasteiger charge is 2.13. The van der Waals surface area contributed by atoms with E-state index < -0.39 is 0 Å². The number of ketones is 1. The minimum Gasteiger partial charge on any atom is -0.309 e. The summed E-state index contributed by atoms with van der Waals surface area (Å²) in [6.07, 6.45) is 0. The van der Waals surface area contributed by atoms with Gasteiger partial charge < -0.3 is 5.32 Å². The SMILES string of the molecule is C=C(C)C(=O)c1ccc2c(c1)CNC2. The molecular weight excluding hydrogens is 174 g/mol. The van der Waals surface area contributed by atoms with Crippen LogP contribution in [0.2, 0.25) is 0 Å². The van der Waals surface area contributed by atoms with E-state index >= 15 is 0 Å². The number of hydrogen-bond acceptors (Lipinski definition) is 2. The van der Waals surface area contributed by atoms with E-state index in [0.29, 0.717) is 5.57 Å². The first-order chi connectivity index (χ1) is 6.68. The van der Waals surface area contributed by atoms with E-state index in [1.807, 2.05) is 18.2 Å². The molecule has 2 rings (SSSR count). The molecule has 1 aromatic carbocycles. The van der Waals surface area contributed by atoms with E-state index in [1.54, 1.807) is 6.92 Å². The third-order valence-corrected chi connectivity index (χ3v) is 2.49. The minimum atomic E-state index is 0.0414. The number of nitrogens with one attached hydrogen (secondary N) is 1. The molecule has 1 aliphatic rings. The molecule has 0 radical (unpaired) electrons. The van der Waals surface area contributed by atoms with Crippen LogP contribution in [0.1, 0.15) is 28.4 Å². The molecule has 0 saturated carbocycles. The van der Waals surface area contributed by atoms with Crippen LogP contribution < -0.4 is 5.32 Å². The summed E-state index contributed by atoms with van der Waals surface area (Å²) < 4.78 is 0. The van der Waals surface area contributed by atoms with Gasteiger partial charge in [-0.3, -0.25) is 4.79 Å². The van der Waals surface area contributed by atoms with Gasteiger partial charge in [0.25, 0.3) is 0 Å². The van der Waals surface area contributed by atoms with Gasteiger partial charge in [-0.1, -0.05) is 18.7 Å². The Bertz CT molecular complexity index is 407. The predicted molar refractivity (Wildman–Crippen MR) is 56.1 cm³/mol. The highest BCUT2D eigenvalue weighted by Crippen LogP contribution is 2.18. The molecule has 14 heavy (non-hydrogen) atoms. The number of Topliss-reactive ketones (excluding diaryl/α,β-unsaturated/α-hetero) is 1.